The molecular formula is C31H27FN8O. The second-order valence-corrected chi connectivity index (χ2v) is 10.3. The topological polar surface area (TPSA) is 115 Å². The smallest absolute Gasteiger partial charge is 0.228 e. The van der Waals surface area contributed by atoms with Crippen molar-refractivity contribution in [2.45, 2.75) is 25.7 Å². The number of carbonyl (C=O) groups is 1. The lowest BCUT2D eigenvalue weighted by molar-refractivity contribution is -0.115. The number of hydrogen-bond donors (Lipinski definition) is 3. The van der Waals surface area contributed by atoms with E-state index in [-0.39, 0.29) is 12.3 Å². The first-order valence-corrected chi connectivity index (χ1v) is 13.7. The van der Waals surface area contributed by atoms with Crippen molar-refractivity contribution in [3.05, 3.63) is 84.6 Å². The maximum Gasteiger partial charge on any atom is 0.228 e. The summed E-state index contributed by atoms with van der Waals surface area (Å²) in [7, 11) is 0. The second-order valence-electron chi connectivity index (χ2n) is 10.3. The fourth-order valence-corrected chi connectivity index (χ4v) is 5.49. The Bertz CT molecular complexity index is 1870. The zero-order valence-corrected chi connectivity index (χ0v) is 22.2. The van der Waals surface area contributed by atoms with Crippen LogP contribution in [0, 0.1) is 5.82 Å². The van der Waals surface area contributed by atoms with Gasteiger partial charge in [0.25, 0.3) is 0 Å². The molecule has 5 heterocycles. The van der Waals surface area contributed by atoms with Crippen LogP contribution in [0.15, 0.2) is 73.2 Å². The molecule has 0 saturated carbocycles. The zero-order valence-electron chi connectivity index (χ0n) is 22.2. The van der Waals surface area contributed by atoms with Crippen LogP contribution in [0.4, 0.5) is 15.8 Å². The molecule has 1 aliphatic heterocycles. The van der Waals surface area contributed by atoms with Gasteiger partial charge in [-0.2, -0.15) is 5.10 Å². The number of amides is 1. The molecule has 0 radical (unpaired) electrons. The molecule has 0 bridgehead atoms. The number of anilines is 2. The molecule has 0 aliphatic carbocycles. The van der Waals surface area contributed by atoms with Crippen molar-refractivity contribution < 1.29 is 9.18 Å². The summed E-state index contributed by atoms with van der Waals surface area (Å²) < 4.78 is 15.3. The fourth-order valence-electron chi connectivity index (χ4n) is 5.49. The monoisotopic (exact) mass is 546 g/mol. The molecule has 7 rings (SSSR count). The predicted molar refractivity (Wildman–Crippen MR) is 157 cm³/mol. The van der Waals surface area contributed by atoms with E-state index in [0.717, 1.165) is 42.7 Å². The Morgan fingerprint density at radius 2 is 1.88 bits per heavy atom. The zero-order chi connectivity index (χ0) is 27.8. The number of benzene rings is 2. The molecule has 41 heavy (non-hydrogen) atoms. The average molecular weight is 547 g/mol. The van der Waals surface area contributed by atoms with E-state index in [1.54, 1.807) is 30.7 Å². The summed E-state index contributed by atoms with van der Waals surface area (Å²) in [6, 6.07) is 16.4. The van der Waals surface area contributed by atoms with Crippen molar-refractivity contribution in [3.63, 3.8) is 0 Å². The van der Waals surface area contributed by atoms with Gasteiger partial charge in [0, 0.05) is 48.1 Å². The lowest BCUT2D eigenvalue weighted by Gasteiger charge is -2.28. The Morgan fingerprint density at radius 1 is 1.02 bits per heavy atom. The third-order valence-electron chi connectivity index (χ3n) is 7.48. The number of nitrogens with zero attached hydrogens (tertiary/aromatic N) is 5. The highest BCUT2D eigenvalue weighted by Gasteiger charge is 2.20. The molecule has 4 aromatic heterocycles. The first kappa shape index (κ1) is 24.9. The van der Waals surface area contributed by atoms with Gasteiger partial charge < -0.3 is 15.2 Å². The van der Waals surface area contributed by atoms with Crippen molar-refractivity contribution >= 4 is 39.3 Å². The Morgan fingerprint density at radius 3 is 2.73 bits per heavy atom. The molecule has 204 valence electrons. The summed E-state index contributed by atoms with van der Waals surface area (Å²) in [6.07, 6.45) is 8.71. The predicted octanol–water partition coefficient (Wildman–Crippen LogP) is 5.87. The molecule has 1 amide bonds. The number of aromatic nitrogens is 6. The summed E-state index contributed by atoms with van der Waals surface area (Å²) in [4.78, 5) is 31.9. The Balaban J connectivity index is 1.21. The number of H-pyrrole nitrogens is 2. The first-order chi connectivity index (χ1) is 20.1. The van der Waals surface area contributed by atoms with E-state index in [4.69, 9.17) is 4.98 Å². The van der Waals surface area contributed by atoms with Gasteiger partial charge in [0.1, 0.15) is 17.0 Å². The lowest BCUT2D eigenvalue weighted by atomic mass is 10.0. The van der Waals surface area contributed by atoms with E-state index in [1.165, 1.54) is 12.5 Å². The number of imidazole rings is 1. The SMILES string of the molecule is O=C(Cc1ccccc1)Nc1cncc(-c2cc3c(-c4nc5nccc(N6CCCCC6)c5[nH]4)n[nH]c3cc2F)c1. The van der Waals surface area contributed by atoms with Crippen LogP contribution in [0.2, 0.25) is 0 Å². The van der Waals surface area contributed by atoms with Gasteiger partial charge in [0.05, 0.1) is 29.5 Å². The molecule has 1 aliphatic rings. The van der Waals surface area contributed by atoms with Gasteiger partial charge in [-0.25, -0.2) is 14.4 Å². The lowest BCUT2D eigenvalue weighted by Crippen LogP contribution is -2.29. The van der Waals surface area contributed by atoms with Gasteiger partial charge in [0.15, 0.2) is 11.5 Å². The summed E-state index contributed by atoms with van der Waals surface area (Å²) in [6.45, 7) is 2.00. The summed E-state index contributed by atoms with van der Waals surface area (Å²) in [5.74, 6) is -0.0487. The van der Waals surface area contributed by atoms with E-state index in [1.807, 2.05) is 36.4 Å². The number of hydrogen-bond acceptors (Lipinski definition) is 6. The number of pyridine rings is 2. The standard InChI is InChI=1S/C31H27FN8O/c32-24-16-25-23(15-22(24)20-14-21(18-33-17-20)35-27(41)13-19-7-3-1-4-8-19)28(39-38-25)31-36-29-26(9-10-34-30(29)37-31)40-11-5-2-6-12-40/h1,3-4,7-10,14-18H,2,5-6,11-13H2,(H,35,41)(H,38,39)(H,34,36,37). The van der Waals surface area contributed by atoms with E-state index in [9.17, 15) is 4.79 Å². The van der Waals surface area contributed by atoms with E-state index >= 15 is 4.39 Å². The van der Waals surface area contributed by atoms with E-state index in [0.29, 0.717) is 44.9 Å². The van der Waals surface area contributed by atoms with Gasteiger partial charge in [-0.3, -0.25) is 14.9 Å². The minimum atomic E-state index is -0.430. The van der Waals surface area contributed by atoms with Gasteiger partial charge in [-0.15, -0.1) is 0 Å². The number of fused-ring (bicyclic) bond motifs is 2. The molecule has 0 unspecified atom stereocenters. The summed E-state index contributed by atoms with van der Waals surface area (Å²) >= 11 is 0. The first-order valence-electron chi connectivity index (χ1n) is 13.7. The molecule has 6 aromatic rings. The van der Waals surface area contributed by atoms with Crippen LogP contribution in [0.1, 0.15) is 24.8 Å². The van der Waals surface area contributed by atoms with Gasteiger partial charge in [0.2, 0.25) is 5.91 Å². The van der Waals surface area contributed by atoms with Crippen molar-refractivity contribution in [1.82, 2.24) is 30.1 Å². The molecule has 1 fully saturated rings. The summed E-state index contributed by atoms with van der Waals surface area (Å²) in [5.41, 5.74) is 5.96. The van der Waals surface area contributed by atoms with Gasteiger partial charge in [-0.1, -0.05) is 30.3 Å². The van der Waals surface area contributed by atoms with Crippen LogP contribution in [0.25, 0.3) is 44.7 Å². The van der Waals surface area contributed by atoms with Crippen molar-refractivity contribution in [1.29, 1.82) is 0 Å². The largest absolute Gasteiger partial charge is 0.370 e. The van der Waals surface area contributed by atoms with E-state index < -0.39 is 5.82 Å². The van der Waals surface area contributed by atoms with E-state index in [2.05, 4.69) is 35.4 Å². The minimum absolute atomic E-state index is 0.175. The van der Waals surface area contributed by atoms with Crippen LogP contribution in [-0.4, -0.2) is 49.1 Å². The third-order valence-corrected chi connectivity index (χ3v) is 7.48. The van der Waals surface area contributed by atoms with Gasteiger partial charge >= 0.3 is 0 Å². The number of carbonyl (C=O) groups excluding carboxylic acids is 1. The molecule has 3 N–H and O–H groups in total. The molecule has 0 atom stereocenters. The fraction of sp³-hybridized carbons (Fsp3) is 0.194. The van der Waals surface area contributed by atoms with Crippen LogP contribution >= 0.6 is 0 Å². The normalized spacial score (nSPS) is 13.6. The molecular weight excluding hydrogens is 519 g/mol. The second kappa shape index (κ2) is 10.5. The molecule has 0 spiro atoms. The van der Waals surface area contributed by atoms with Crippen molar-refractivity contribution in [2.75, 3.05) is 23.3 Å². The van der Waals surface area contributed by atoms with Gasteiger partial charge in [-0.05, 0) is 43.0 Å². The number of rotatable bonds is 6. The number of halogens is 1. The Hall–Kier alpha value is -5.12. The summed E-state index contributed by atoms with van der Waals surface area (Å²) in [5, 5.41) is 11.0. The van der Waals surface area contributed by atoms with Crippen LogP contribution < -0.4 is 10.2 Å². The molecule has 2 aromatic carbocycles. The molecule has 10 heteroatoms. The highest BCUT2D eigenvalue weighted by atomic mass is 19.1. The Kier molecular flexibility index (Phi) is 6.35. The molecule has 1 saturated heterocycles. The van der Waals surface area contributed by atoms with Crippen LogP contribution in [0.3, 0.4) is 0 Å². The number of piperidine rings is 1. The maximum absolute atomic E-state index is 15.3. The highest BCUT2D eigenvalue weighted by Crippen LogP contribution is 2.34. The van der Waals surface area contributed by atoms with Crippen molar-refractivity contribution in [3.8, 4) is 22.6 Å². The third kappa shape index (κ3) is 4.88. The quantitative estimate of drug-likeness (QED) is 0.241. The number of nitrogens with one attached hydrogen (secondary N) is 3. The highest BCUT2D eigenvalue weighted by molar-refractivity contribution is 5.97. The maximum atomic E-state index is 15.3. The van der Waals surface area contributed by atoms with Crippen molar-refractivity contribution in [2.24, 2.45) is 0 Å². The number of aromatic amines is 2. The van der Waals surface area contributed by atoms with Crippen LogP contribution in [-0.2, 0) is 11.2 Å². The minimum Gasteiger partial charge on any atom is -0.370 e. The Labute approximate surface area is 234 Å². The average Bonchev–Trinajstić information content (AvgIpc) is 3.61. The van der Waals surface area contributed by atoms with Crippen LogP contribution in [0.5, 0.6) is 0 Å². The molecule has 9 nitrogen and oxygen atoms in total.